The van der Waals surface area contributed by atoms with Gasteiger partial charge in [-0.05, 0) is 59.6 Å². The summed E-state index contributed by atoms with van der Waals surface area (Å²) >= 11 is 2.37. The van der Waals surface area contributed by atoms with Gasteiger partial charge in [0.25, 0.3) is 0 Å². The van der Waals surface area contributed by atoms with Gasteiger partial charge in [0.05, 0.1) is 14.0 Å². The molecule has 8 nitrogen and oxygen atoms in total. The highest BCUT2D eigenvalue weighted by Gasteiger charge is 2.31. The van der Waals surface area contributed by atoms with Gasteiger partial charge in [-0.25, -0.2) is 9.59 Å². The zero-order chi connectivity index (χ0) is 25.7. The molecule has 0 amide bonds. The van der Waals surface area contributed by atoms with Crippen LogP contribution in [0.2, 0.25) is 0 Å². The predicted octanol–water partition coefficient (Wildman–Crippen LogP) is 5.28. The Hall–Kier alpha value is -2.82. The van der Waals surface area contributed by atoms with Crippen LogP contribution >= 0.6 is 23.5 Å². The van der Waals surface area contributed by atoms with Crippen molar-refractivity contribution in [1.82, 2.24) is 0 Å². The van der Waals surface area contributed by atoms with E-state index in [9.17, 15) is 20.1 Å². The number of carbonyl (C=O) groups is 2. The summed E-state index contributed by atoms with van der Waals surface area (Å²) in [4.78, 5) is 25.6. The summed E-state index contributed by atoms with van der Waals surface area (Å²) in [5.74, 6) is -0.218. The number of hydrogen-bond donors (Lipinski definition) is 0. The highest BCUT2D eigenvalue weighted by molar-refractivity contribution is 8.24. The number of nitrogens with zero attached hydrogens (tertiary/aromatic N) is 2. The molecule has 0 bridgehead atoms. The van der Waals surface area contributed by atoms with Gasteiger partial charge in [-0.3, -0.25) is 0 Å². The Bertz CT molecular complexity index is 1070. The van der Waals surface area contributed by atoms with Crippen LogP contribution in [0.25, 0.3) is 0 Å². The van der Waals surface area contributed by atoms with Crippen molar-refractivity contribution in [2.45, 2.75) is 75.9 Å². The summed E-state index contributed by atoms with van der Waals surface area (Å²) in [5, 5.41) is 18.6. The number of ether oxygens (including phenoxy) is 4. The van der Waals surface area contributed by atoms with E-state index in [4.69, 9.17) is 18.9 Å². The molecular weight excluding hydrogens is 476 g/mol. The first-order valence-corrected chi connectivity index (χ1v) is 12.2. The van der Waals surface area contributed by atoms with E-state index < -0.39 is 23.1 Å². The quantitative estimate of drug-likeness (QED) is 0.341. The smallest absolute Gasteiger partial charge is 0.344 e. The van der Waals surface area contributed by atoms with Gasteiger partial charge in [0.1, 0.15) is 40.4 Å². The fourth-order valence-corrected chi connectivity index (χ4v) is 5.25. The summed E-state index contributed by atoms with van der Waals surface area (Å²) in [7, 11) is 0. The second-order valence-corrected chi connectivity index (χ2v) is 11.3. The number of benzene rings is 1. The summed E-state index contributed by atoms with van der Waals surface area (Å²) in [6, 6.07) is 5.46. The molecule has 34 heavy (non-hydrogen) atoms. The number of thioether (sulfide) groups is 2. The number of aryl methyl sites for hydroxylation is 1. The number of carbonyl (C=O) groups excluding carboxylic acids is 2. The fraction of sp³-hybridized carbons (Fsp3) is 0.500. The van der Waals surface area contributed by atoms with Gasteiger partial charge in [-0.15, -0.1) is 0 Å². The van der Waals surface area contributed by atoms with Crippen molar-refractivity contribution >= 4 is 35.5 Å². The second-order valence-electron chi connectivity index (χ2n) is 9.02. The second kappa shape index (κ2) is 11.1. The SMILES string of the molecule is CCC(C)(C)OC(=O)COc1c(C)cc(OCC(=O)OC(C)(C)C)c2c1SC(=C(C#N)C#N)S2. The van der Waals surface area contributed by atoms with E-state index in [1.54, 1.807) is 33.8 Å². The lowest BCUT2D eigenvalue weighted by molar-refractivity contribution is -0.159. The molecule has 0 atom stereocenters. The summed E-state index contributed by atoms with van der Waals surface area (Å²) in [6.07, 6.45) is 0.655. The average Bonchev–Trinajstić information content (AvgIpc) is 3.16. The highest BCUT2D eigenvalue weighted by atomic mass is 32.2. The van der Waals surface area contributed by atoms with Crippen molar-refractivity contribution in [2.75, 3.05) is 13.2 Å². The van der Waals surface area contributed by atoms with Crippen molar-refractivity contribution < 1.29 is 28.5 Å². The lowest BCUT2D eigenvalue weighted by Crippen LogP contribution is -2.30. The highest BCUT2D eigenvalue weighted by Crippen LogP contribution is 2.59. The third-order valence-corrected chi connectivity index (χ3v) is 7.11. The number of esters is 2. The van der Waals surface area contributed by atoms with Crippen LogP contribution < -0.4 is 9.47 Å². The molecule has 1 aliphatic heterocycles. The molecule has 2 rings (SSSR count). The number of hydrogen-bond acceptors (Lipinski definition) is 10. The Morgan fingerprint density at radius 3 is 2.06 bits per heavy atom. The van der Waals surface area contributed by atoms with Crippen LogP contribution in [0.15, 0.2) is 25.7 Å². The van der Waals surface area contributed by atoms with E-state index in [-0.39, 0.29) is 18.8 Å². The third-order valence-electron chi connectivity index (χ3n) is 4.50. The topological polar surface area (TPSA) is 119 Å². The maximum atomic E-state index is 12.3. The van der Waals surface area contributed by atoms with E-state index in [2.05, 4.69) is 0 Å². The van der Waals surface area contributed by atoms with Gasteiger partial charge in [0, 0.05) is 0 Å². The Morgan fingerprint density at radius 1 is 0.941 bits per heavy atom. The van der Waals surface area contributed by atoms with Crippen LogP contribution in [0.3, 0.4) is 0 Å². The first-order chi connectivity index (χ1) is 15.8. The molecule has 1 heterocycles. The van der Waals surface area contributed by atoms with Crippen LogP contribution in [0, 0.1) is 29.6 Å². The molecule has 1 aromatic rings. The van der Waals surface area contributed by atoms with E-state index in [0.29, 0.717) is 37.5 Å². The van der Waals surface area contributed by atoms with Crippen LogP contribution in [0.4, 0.5) is 0 Å². The number of rotatable bonds is 8. The molecule has 0 saturated heterocycles. The molecule has 0 N–H and O–H groups in total. The number of nitriles is 2. The Balaban J connectivity index is 2.34. The molecule has 1 aromatic carbocycles. The molecule has 0 spiro atoms. The van der Waals surface area contributed by atoms with Gasteiger partial charge < -0.3 is 18.9 Å². The lowest BCUT2D eigenvalue weighted by Gasteiger charge is -2.23. The summed E-state index contributed by atoms with van der Waals surface area (Å²) < 4.78 is 22.8. The minimum absolute atomic E-state index is 0.0444. The molecule has 0 aliphatic carbocycles. The zero-order valence-corrected chi connectivity index (χ0v) is 22.0. The van der Waals surface area contributed by atoms with Crippen LogP contribution in [-0.2, 0) is 19.1 Å². The lowest BCUT2D eigenvalue weighted by atomic mass is 10.1. The van der Waals surface area contributed by atoms with Gasteiger partial charge in [0.15, 0.2) is 13.2 Å². The van der Waals surface area contributed by atoms with Gasteiger partial charge in [-0.2, -0.15) is 10.5 Å². The van der Waals surface area contributed by atoms with E-state index in [1.807, 2.05) is 32.9 Å². The Labute approximate surface area is 208 Å². The van der Waals surface area contributed by atoms with Crippen LogP contribution in [-0.4, -0.2) is 36.4 Å². The first-order valence-electron chi connectivity index (χ1n) is 10.6. The molecule has 0 saturated carbocycles. The molecule has 0 radical (unpaired) electrons. The normalized spacial score (nSPS) is 12.8. The minimum Gasteiger partial charge on any atom is -0.481 e. The van der Waals surface area contributed by atoms with E-state index in [1.165, 1.54) is 23.5 Å². The van der Waals surface area contributed by atoms with Gasteiger partial charge >= 0.3 is 11.9 Å². The maximum Gasteiger partial charge on any atom is 0.344 e. The maximum absolute atomic E-state index is 12.3. The predicted molar refractivity (Wildman–Crippen MR) is 128 cm³/mol. The van der Waals surface area contributed by atoms with Crippen molar-refractivity contribution in [3.05, 3.63) is 21.4 Å². The number of allylic oxidation sites excluding steroid dienone is 1. The first kappa shape index (κ1) is 27.4. The Kier molecular flexibility index (Phi) is 8.93. The van der Waals surface area contributed by atoms with Crippen molar-refractivity contribution in [3.8, 4) is 23.6 Å². The number of fused-ring (bicyclic) bond motifs is 1. The largest absolute Gasteiger partial charge is 0.481 e. The molecular formula is C24H28N2O6S2. The van der Waals surface area contributed by atoms with E-state index in [0.717, 1.165) is 0 Å². The minimum atomic E-state index is -0.647. The zero-order valence-electron chi connectivity index (χ0n) is 20.4. The fourth-order valence-electron chi connectivity index (χ4n) is 2.67. The summed E-state index contributed by atoms with van der Waals surface area (Å²) in [5.41, 5.74) is -0.639. The Morgan fingerprint density at radius 2 is 1.50 bits per heavy atom. The van der Waals surface area contributed by atoms with Crippen LogP contribution in [0.5, 0.6) is 11.5 Å². The average molecular weight is 505 g/mol. The molecule has 10 heteroatoms. The van der Waals surface area contributed by atoms with E-state index >= 15 is 0 Å². The third kappa shape index (κ3) is 7.34. The van der Waals surface area contributed by atoms with Crippen molar-refractivity contribution in [2.24, 2.45) is 0 Å². The van der Waals surface area contributed by atoms with Crippen molar-refractivity contribution in [3.63, 3.8) is 0 Å². The summed E-state index contributed by atoms with van der Waals surface area (Å²) in [6.45, 7) is 12.0. The molecule has 0 aromatic heterocycles. The van der Waals surface area contributed by atoms with Gasteiger partial charge in [-0.1, -0.05) is 30.4 Å². The van der Waals surface area contributed by atoms with Crippen molar-refractivity contribution in [1.29, 1.82) is 10.5 Å². The van der Waals surface area contributed by atoms with Gasteiger partial charge in [0.2, 0.25) is 0 Å². The standard InChI is InChI=1S/C24H28N2O6S2/c1-8-24(6,7)32-18(28)13-30-19-14(2)9-16(29-12-17(27)31-23(3,4)5)20-21(19)34-22(33-20)15(10-25)11-26/h9H,8,12-13H2,1-7H3. The molecule has 0 fully saturated rings. The molecule has 1 aliphatic rings. The van der Waals surface area contributed by atoms with Crippen LogP contribution in [0.1, 0.15) is 53.5 Å². The molecule has 0 unspecified atom stereocenters. The molecule has 182 valence electrons. The monoisotopic (exact) mass is 504 g/mol.